The van der Waals surface area contributed by atoms with E-state index in [1.165, 1.54) is 22.5 Å². The maximum absolute atomic E-state index is 10.8. The molecule has 2 aromatic heterocycles. The summed E-state index contributed by atoms with van der Waals surface area (Å²) < 4.78 is 9.67. The van der Waals surface area contributed by atoms with Crippen molar-refractivity contribution < 1.29 is 9.84 Å². The van der Waals surface area contributed by atoms with Crippen molar-refractivity contribution in [2.75, 3.05) is 12.4 Å². The molecule has 0 unspecified atom stereocenters. The molecule has 1 fully saturated rings. The average Bonchev–Trinajstić information content (AvgIpc) is 3.48. The summed E-state index contributed by atoms with van der Waals surface area (Å²) in [7, 11) is 0. The molecule has 0 spiro atoms. The summed E-state index contributed by atoms with van der Waals surface area (Å²) in [6, 6.07) is 16.7. The van der Waals surface area contributed by atoms with Crippen LogP contribution in [0.3, 0.4) is 0 Å². The second kappa shape index (κ2) is 8.14. The second-order valence-corrected chi connectivity index (χ2v) is 8.38. The Labute approximate surface area is 172 Å². The first-order valence-corrected chi connectivity index (χ1v) is 10.9. The normalized spacial score (nSPS) is 18.0. The number of tetrazole rings is 1. The highest BCUT2D eigenvalue weighted by atomic mass is 32.2. The fourth-order valence-electron chi connectivity index (χ4n) is 4.03. The number of aromatic nitrogens is 5. The van der Waals surface area contributed by atoms with Gasteiger partial charge in [-0.15, -0.1) is 5.10 Å². The number of ether oxygens (including phenoxy) is 1. The Morgan fingerprint density at radius 2 is 1.83 bits per heavy atom. The Balaban J connectivity index is 1.30. The lowest BCUT2D eigenvalue weighted by Crippen LogP contribution is -2.20. The minimum Gasteiger partial charge on any atom is -0.390 e. The molecule has 0 bridgehead atoms. The molecule has 3 heterocycles. The Kier molecular flexibility index (Phi) is 5.22. The minimum absolute atomic E-state index is 0.181. The van der Waals surface area contributed by atoms with Crippen LogP contribution in [0.25, 0.3) is 21.8 Å². The number of aliphatic hydroxyl groups excluding tert-OH is 1. The van der Waals surface area contributed by atoms with E-state index in [1.54, 1.807) is 4.68 Å². The van der Waals surface area contributed by atoms with Gasteiger partial charge in [-0.05, 0) is 35.4 Å². The number of thioether (sulfide) groups is 1. The topological polar surface area (TPSA) is 78.0 Å². The van der Waals surface area contributed by atoms with E-state index < -0.39 is 6.10 Å². The smallest absolute Gasteiger partial charge is 0.209 e. The van der Waals surface area contributed by atoms with Gasteiger partial charge >= 0.3 is 0 Å². The zero-order chi connectivity index (χ0) is 19.6. The summed E-state index contributed by atoms with van der Waals surface area (Å²) in [6.45, 7) is 2.00. The highest BCUT2D eigenvalue weighted by Gasteiger charge is 2.20. The van der Waals surface area contributed by atoms with Gasteiger partial charge in [0.2, 0.25) is 5.16 Å². The Bertz CT molecular complexity index is 1070. The van der Waals surface area contributed by atoms with Gasteiger partial charge in [-0.3, -0.25) is 0 Å². The van der Waals surface area contributed by atoms with Crippen LogP contribution in [0.2, 0.25) is 0 Å². The summed E-state index contributed by atoms with van der Waals surface area (Å²) >= 11 is 1.49. The van der Waals surface area contributed by atoms with E-state index in [0.717, 1.165) is 35.6 Å². The Morgan fingerprint density at radius 1 is 1.10 bits per heavy atom. The fraction of sp³-hybridized carbons (Fsp3) is 0.381. The first-order chi connectivity index (χ1) is 14.3. The molecule has 29 heavy (non-hydrogen) atoms. The molecule has 0 aliphatic carbocycles. The fourth-order valence-corrected chi connectivity index (χ4v) is 4.83. The molecule has 4 aromatic rings. The summed E-state index contributed by atoms with van der Waals surface area (Å²) in [5, 5.41) is 25.9. The number of hydrogen-bond donors (Lipinski definition) is 1. The van der Waals surface area contributed by atoms with E-state index in [1.807, 2.05) is 12.1 Å². The van der Waals surface area contributed by atoms with Gasteiger partial charge in [0, 0.05) is 34.2 Å². The molecule has 0 radical (unpaired) electrons. The third-order valence-corrected chi connectivity index (χ3v) is 6.48. The molecule has 1 aliphatic rings. The molecular weight excluding hydrogens is 386 g/mol. The van der Waals surface area contributed by atoms with Crippen LogP contribution in [0.5, 0.6) is 0 Å². The van der Waals surface area contributed by atoms with Gasteiger partial charge in [0.1, 0.15) is 0 Å². The lowest BCUT2D eigenvalue weighted by Gasteiger charge is -2.14. The number of rotatable bonds is 7. The lowest BCUT2D eigenvalue weighted by atomic mass is 10.2. The van der Waals surface area contributed by atoms with Crippen LogP contribution in [0, 0.1) is 0 Å². The largest absolute Gasteiger partial charge is 0.390 e. The van der Waals surface area contributed by atoms with Crippen molar-refractivity contribution in [1.82, 2.24) is 24.8 Å². The van der Waals surface area contributed by atoms with Gasteiger partial charge in [0.15, 0.2) is 0 Å². The maximum Gasteiger partial charge on any atom is 0.209 e. The molecule has 7 nitrogen and oxygen atoms in total. The van der Waals surface area contributed by atoms with Crippen molar-refractivity contribution in [3.63, 3.8) is 0 Å². The Hall–Kier alpha value is -2.42. The molecule has 1 N–H and O–H groups in total. The molecule has 150 valence electrons. The zero-order valence-electron chi connectivity index (χ0n) is 16.0. The maximum atomic E-state index is 10.8. The molecule has 1 aliphatic heterocycles. The number of aliphatic hydroxyl groups is 1. The summed E-state index contributed by atoms with van der Waals surface area (Å²) in [5.74, 6) is 0.521. The van der Waals surface area contributed by atoms with Crippen LogP contribution in [0.4, 0.5) is 0 Å². The quantitative estimate of drug-likeness (QED) is 0.473. The van der Waals surface area contributed by atoms with Crippen molar-refractivity contribution >= 4 is 33.6 Å². The van der Waals surface area contributed by atoms with E-state index in [9.17, 15) is 5.11 Å². The van der Waals surface area contributed by atoms with E-state index in [2.05, 4.69) is 56.5 Å². The minimum atomic E-state index is -0.521. The van der Waals surface area contributed by atoms with Crippen LogP contribution in [-0.2, 0) is 17.8 Å². The van der Waals surface area contributed by atoms with Crippen molar-refractivity contribution in [2.45, 2.75) is 43.3 Å². The number of benzene rings is 2. The summed E-state index contributed by atoms with van der Waals surface area (Å²) in [6.07, 6.45) is 1.79. The summed E-state index contributed by atoms with van der Waals surface area (Å²) in [5.41, 5.74) is 2.28. The van der Waals surface area contributed by atoms with Gasteiger partial charge in [-0.1, -0.05) is 48.2 Å². The van der Waals surface area contributed by atoms with Crippen LogP contribution in [-0.4, -0.2) is 54.4 Å². The first kappa shape index (κ1) is 18.6. The van der Waals surface area contributed by atoms with Gasteiger partial charge in [0.25, 0.3) is 0 Å². The SMILES string of the molecule is O[C@@H](CSc1nnnn1C[C@@H]1CCCO1)Cn1c2ccccc2c2ccccc21. The van der Waals surface area contributed by atoms with E-state index in [0.29, 0.717) is 18.8 Å². The van der Waals surface area contributed by atoms with E-state index in [-0.39, 0.29) is 6.10 Å². The third kappa shape index (κ3) is 3.75. The Morgan fingerprint density at radius 3 is 2.52 bits per heavy atom. The number of para-hydroxylation sites is 2. The number of fused-ring (bicyclic) bond motifs is 3. The van der Waals surface area contributed by atoms with Crippen LogP contribution in [0.1, 0.15) is 12.8 Å². The lowest BCUT2D eigenvalue weighted by molar-refractivity contribution is 0.0911. The van der Waals surface area contributed by atoms with Crippen molar-refractivity contribution in [2.24, 2.45) is 0 Å². The van der Waals surface area contributed by atoms with Gasteiger partial charge in [0.05, 0.1) is 25.3 Å². The third-order valence-electron chi connectivity index (χ3n) is 5.38. The number of nitrogens with zero attached hydrogens (tertiary/aromatic N) is 5. The monoisotopic (exact) mass is 409 g/mol. The highest BCUT2D eigenvalue weighted by molar-refractivity contribution is 7.99. The average molecular weight is 410 g/mol. The molecule has 2 atom stereocenters. The molecule has 0 saturated carbocycles. The van der Waals surface area contributed by atoms with Crippen molar-refractivity contribution in [3.8, 4) is 0 Å². The highest BCUT2D eigenvalue weighted by Crippen LogP contribution is 2.29. The second-order valence-electron chi connectivity index (χ2n) is 7.39. The van der Waals surface area contributed by atoms with Gasteiger partial charge in [-0.2, -0.15) is 0 Å². The molecule has 0 amide bonds. The molecular formula is C21H23N5O2S. The van der Waals surface area contributed by atoms with Crippen LogP contribution in [0.15, 0.2) is 53.7 Å². The summed E-state index contributed by atoms with van der Waals surface area (Å²) in [4.78, 5) is 0. The first-order valence-electron chi connectivity index (χ1n) is 9.94. The van der Waals surface area contributed by atoms with Crippen LogP contribution < -0.4 is 0 Å². The molecule has 1 saturated heterocycles. The standard InChI is InChI=1S/C21H23N5O2S/c27-15(14-29-21-22-23-24-26(21)13-16-6-5-11-28-16)12-25-19-9-3-1-7-17(19)18-8-2-4-10-20(18)25/h1-4,7-10,15-16,27H,5-6,11-14H2/t15-,16+/m1/s1. The molecule has 5 rings (SSSR count). The number of hydrogen-bond acceptors (Lipinski definition) is 6. The van der Waals surface area contributed by atoms with Crippen molar-refractivity contribution in [1.29, 1.82) is 0 Å². The van der Waals surface area contributed by atoms with E-state index in [4.69, 9.17) is 4.74 Å². The van der Waals surface area contributed by atoms with Gasteiger partial charge < -0.3 is 14.4 Å². The zero-order valence-corrected chi connectivity index (χ0v) is 16.8. The molecule has 2 aromatic carbocycles. The van der Waals surface area contributed by atoms with Crippen molar-refractivity contribution in [3.05, 3.63) is 48.5 Å². The predicted molar refractivity (Wildman–Crippen MR) is 113 cm³/mol. The van der Waals surface area contributed by atoms with Crippen LogP contribution >= 0.6 is 11.8 Å². The predicted octanol–water partition coefficient (Wildman–Crippen LogP) is 3.11. The van der Waals surface area contributed by atoms with Gasteiger partial charge in [-0.25, -0.2) is 4.68 Å². The van der Waals surface area contributed by atoms with E-state index >= 15 is 0 Å². The molecule has 8 heteroatoms.